The van der Waals surface area contributed by atoms with Crippen LogP contribution in [0.1, 0.15) is 31.1 Å². The quantitative estimate of drug-likeness (QED) is 0.776. The topological polar surface area (TPSA) is 38.0 Å². The lowest BCUT2D eigenvalue weighted by atomic mass is 10.1. The van der Waals surface area contributed by atoms with Gasteiger partial charge in [-0.1, -0.05) is 31.4 Å². The highest BCUT2D eigenvalue weighted by atomic mass is 35.5. The normalized spacial score (nSPS) is 13.0. The van der Waals surface area contributed by atoms with Gasteiger partial charge in [-0.05, 0) is 18.6 Å². The van der Waals surface area contributed by atoms with Crippen LogP contribution in [0.3, 0.4) is 0 Å². The Labute approximate surface area is 101 Å². The monoisotopic (exact) mass is 246 g/mol. The largest absolute Gasteiger partial charge is 0.327 e. The third-order valence-corrected chi connectivity index (χ3v) is 3.49. The van der Waals surface area contributed by atoms with Crippen LogP contribution in [0.25, 0.3) is 0 Å². The minimum atomic E-state index is 0.278. The molecule has 0 fully saturated rings. The molecule has 86 valence electrons. The Morgan fingerprint density at radius 3 is 2.93 bits per heavy atom. The average molecular weight is 247 g/mol. The van der Waals surface area contributed by atoms with E-state index >= 15 is 0 Å². The molecule has 0 saturated heterocycles. The van der Waals surface area contributed by atoms with E-state index in [1.54, 1.807) is 11.3 Å². The van der Waals surface area contributed by atoms with Crippen LogP contribution in [-0.2, 0) is 6.54 Å². The number of halogens is 1. The first-order chi connectivity index (χ1) is 7.22. The van der Waals surface area contributed by atoms with Gasteiger partial charge in [0.1, 0.15) is 0 Å². The molecule has 1 atom stereocenters. The predicted molar refractivity (Wildman–Crippen MR) is 68.5 cm³/mol. The highest BCUT2D eigenvalue weighted by Gasteiger charge is 2.02. The zero-order valence-corrected chi connectivity index (χ0v) is 10.7. The lowest BCUT2D eigenvalue weighted by molar-refractivity contribution is 0.526. The molecule has 0 aliphatic heterocycles. The van der Waals surface area contributed by atoms with Crippen LogP contribution in [-0.4, -0.2) is 12.6 Å². The molecule has 0 aromatic carbocycles. The van der Waals surface area contributed by atoms with Gasteiger partial charge < -0.3 is 11.1 Å². The molecular formula is C11H19ClN2S. The van der Waals surface area contributed by atoms with Crippen molar-refractivity contribution in [1.29, 1.82) is 0 Å². The highest BCUT2D eigenvalue weighted by Crippen LogP contribution is 2.20. The van der Waals surface area contributed by atoms with Crippen molar-refractivity contribution in [3.8, 4) is 0 Å². The summed E-state index contributed by atoms with van der Waals surface area (Å²) in [4.78, 5) is 1.27. The van der Waals surface area contributed by atoms with E-state index < -0.39 is 0 Å². The Balaban J connectivity index is 2.10. The van der Waals surface area contributed by atoms with E-state index in [4.69, 9.17) is 17.3 Å². The molecule has 0 aliphatic rings. The summed E-state index contributed by atoms with van der Waals surface area (Å²) >= 11 is 7.46. The summed E-state index contributed by atoms with van der Waals surface area (Å²) < 4.78 is 0.849. The maximum atomic E-state index is 5.94. The Morgan fingerprint density at radius 1 is 1.53 bits per heavy atom. The first-order valence-corrected chi connectivity index (χ1v) is 6.62. The van der Waals surface area contributed by atoms with Crippen LogP contribution >= 0.6 is 22.9 Å². The molecule has 0 aliphatic carbocycles. The van der Waals surface area contributed by atoms with Crippen molar-refractivity contribution in [3.63, 3.8) is 0 Å². The van der Waals surface area contributed by atoms with Gasteiger partial charge in [-0.25, -0.2) is 0 Å². The smallest absolute Gasteiger partial charge is 0.0931 e. The number of unbranched alkanes of at least 4 members (excludes halogenated alkanes) is 1. The van der Waals surface area contributed by atoms with Crippen molar-refractivity contribution in [2.24, 2.45) is 5.73 Å². The van der Waals surface area contributed by atoms with Gasteiger partial charge in [0.05, 0.1) is 4.34 Å². The van der Waals surface area contributed by atoms with E-state index in [1.165, 1.54) is 17.7 Å². The number of nitrogens with one attached hydrogen (secondary N) is 1. The van der Waals surface area contributed by atoms with Gasteiger partial charge in [-0.2, -0.15) is 0 Å². The summed E-state index contributed by atoms with van der Waals surface area (Å²) in [5.74, 6) is 0. The van der Waals surface area contributed by atoms with Gasteiger partial charge in [0.2, 0.25) is 0 Å². The molecular weight excluding hydrogens is 228 g/mol. The zero-order valence-electron chi connectivity index (χ0n) is 9.13. The maximum Gasteiger partial charge on any atom is 0.0931 e. The van der Waals surface area contributed by atoms with Gasteiger partial charge in [0.15, 0.2) is 0 Å². The van der Waals surface area contributed by atoms with Crippen molar-refractivity contribution < 1.29 is 0 Å². The summed E-state index contributed by atoms with van der Waals surface area (Å²) in [6.07, 6.45) is 3.54. The van der Waals surface area contributed by atoms with Crippen molar-refractivity contribution in [3.05, 3.63) is 21.3 Å². The minimum Gasteiger partial charge on any atom is -0.327 e. The molecule has 0 spiro atoms. The van der Waals surface area contributed by atoms with E-state index in [9.17, 15) is 0 Å². The fraction of sp³-hybridized carbons (Fsp3) is 0.636. The first kappa shape index (κ1) is 13.0. The molecule has 4 heteroatoms. The molecule has 0 saturated carbocycles. The lowest BCUT2D eigenvalue weighted by Gasteiger charge is -2.11. The summed E-state index contributed by atoms with van der Waals surface area (Å²) in [7, 11) is 0. The Bertz CT molecular complexity index is 275. The molecule has 0 amide bonds. The summed E-state index contributed by atoms with van der Waals surface area (Å²) in [6.45, 7) is 3.94. The van der Waals surface area contributed by atoms with Crippen LogP contribution < -0.4 is 11.1 Å². The van der Waals surface area contributed by atoms with E-state index in [1.807, 2.05) is 6.07 Å². The minimum absolute atomic E-state index is 0.278. The molecule has 0 radical (unpaired) electrons. The number of thiophene rings is 1. The van der Waals surface area contributed by atoms with Crippen LogP contribution in [0.5, 0.6) is 0 Å². The predicted octanol–water partition coefficient (Wildman–Crippen LogP) is 3.01. The van der Waals surface area contributed by atoms with Crippen molar-refractivity contribution in [1.82, 2.24) is 5.32 Å². The van der Waals surface area contributed by atoms with Crippen molar-refractivity contribution >= 4 is 22.9 Å². The second kappa shape index (κ2) is 7.23. The number of nitrogens with two attached hydrogens (primary N) is 1. The van der Waals surface area contributed by atoms with Gasteiger partial charge in [0, 0.05) is 24.0 Å². The second-order valence-electron chi connectivity index (χ2n) is 3.74. The van der Waals surface area contributed by atoms with E-state index in [0.29, 0.717) is 0 Å². The standard InChI is InChI=1S/C11H19ClN2S/c1-2-3-4-9(13)7-14-8-10-5-6-11(12)15-10/h5-6,9,14H,2-4,7-8,13H2,1H3. The maximum absolute atomic E-state index is 5.94. The van der Waals surface area contributed by atoms with E-state index in [-0.39, 0.29) is 6.04 Å². The van der Waals surface area contributed by atoms with Gasteiger partial charge >= 0.3 is 0 Å². The van der Waals surface area contributed by atoms with Gasteiger partial charge in [-0.15, -0.1) is 11.3 Å². The fourth-order valence-corrected chi connectivity index (χ4v) is 2.45. The molecule has 1 heterocycles. The van der Waals surface area contributed by atoms with E-state index in [2.05, 4.69) is 18.3 Å². The zero-order chi connectivity index (χ0) is 11.1. The Kier molecular flexibility index (Phi) is 6.25. The molecule has 1 aromatic rings. The number of hydrogen-bond acceptors (Lipinski definition) is 3. The average Bonchev–Trinajstić information content (AvgIpc) is 2.61. The van der Waals surface area contributed by atoms with Crippen molar-refractivity contribution in [2.45, 2.75) is 38.8 Å². The van der Waals surface area contributed by atoms with E-state index in [0.717, 1.165) is 23.8 Å². The lowest BCUT2D eigenvalue weighted by Crippen LogP contribution is -2.33. The van der Waals surface area contributed by atoms with Gasteiger partial charge in [0.25, 0.3) is 0 Å². The summed E-state index contributed by atoms with van der Waals surface area (Å²) in [5.41, 5.74) is 5.94. The van der Waals surface area contributed by atoms with Crippen LogP contribution in [0.2, 0.25) is 4.34 Å². The van der Waals surface area contributed by atoms with Crippen LogP contribution in [0, 0.1) is 0 Å². The molecule has 0 bridgehead atoms. The highest BCUT2D eigenvalue weighted by molar-refractivity contribution is 7.16. The van der Waals surface area contributed by atoms with Crippen LogP contribution in [0.4, 0.5) is 0 Å². The van der Waals surface area contributed by atoms with Gasteiger partial charge in [-0.3, -0.25) is 0 Å². The molecule has 1 unspecified atom stereocenters. The van der Waals surface area contributed by atoms with Crippen LogP contribution in [0.15, 0.2) is 12.1 Å². The fourth-order valence-electron chi connectivity index (χ4n) is 1.40. The summed E-state index contributed by atoms with van der Waals surface area (Å²) in [6, 6.07) is 4.26. The number of rotatable bonds is 7. The molecule has 1 rings (SSSR count). The Hall–Kier alpha value is -0.0900. The third kappa shape index (κ3) is 5.52. The van der Waals surface area contributed by atoms with Crippen molar-refractivity contribution in [2.75, 3.05) is 6.54 Å². The molecule has 1 aromatic heterocycles. The summed E-state index contributed by atoms with van der Waals surface area (Å²) in [5, 5.41) is 3.35. The molecule has 3 N–H and O–H groups in total. The molecule has 2 nitrogen and oxygen atoms in total. The number of hydrogen-bond donors (Lipinski definition) is 2. The molecule has 15 heavy (non-hydrogen) atoms. The third-order valence-electron chi connectivity index (χ3n) is 2.26. The Morgan fingerprint density at radius 2 is 2.33 bits per heavy atom. The SMILES string of the molecule is CCCCC(N)CNCc1ccc(Cl)s1. The second-order valence-corrected chi connectivity index (χ2v) is 5.54. The first-order valence-electron chi connectivity index (χ1n) is 5.43.